The van der Waals surface area contributed by atoms with Crippen molar-refractivity contribution in [1.29, 1.82) is 0 Å². The van der Waals surface area contributed by atoms with Crippen LogP contribution in [0.2, 0.25) is 0 Å². The van der Waals surface area contributed by atoms with Crippen molar-refractivity contribution in [2.45, 2.75) is 264 Å². The molecule has 0 aromatic rings. The van der Waals surface area contributed by atoms with Gasteiger partial charge in [-0.15, -0.1) is 0 Å². The first-order valence-electron chi connectivity index (χ1n) is 24.4. The van der Waals surface area contributed by atoms with Gasteiger partial charge in [0.1, 0.15) is 0 Å². The van der Waals surface area contributed by atoms with Crippen molar-refractivity contribution in [2.24, 2.45) is 0 Å². The van der Waals surface area contributed by atoms with Gasteiger partial charge in [-0.05, 0) is 70.6 Å². The monoisotopic (exact) mass is 770 g/mol. The van der Waals surface area contributed by atoms with Crippen LogP contribution in [0.15, 0.2) is 48.6 Å². The maximum Gasteiger partial charge on any atom is 0.220 e. The second-order valence-corrected chi connectivity index (χ2v) is 16.5. The van der Waals surface area contributed by atoms with E-state index in [9.17, 15) is 15.0 Å². The molecule has 0 rings (SSSR count). The Hall–Kier alpha value is -1.65. The van der Waals surface area contributed by atoms with Gasteiger partial charge in [0.2, 0.25) is 5.91 Å². The lowest BCUT2D eigenvalue weighted by atomic mass is 10.0. The van der Waals surface area contributed by atoms with Crippen LogP contribution in [0.3, 0.4) is 0 Å². The maximum absolute atomic E-state index is 12.4. The van der Waals surface area contributed by atoms with E-state index in [1.165, 1.54) is 193 Å². The number of rotatable bonds is 44. The van der Waals surface area contributed by atoms with Gasteiger partial charge in [0.15, 0.2) is 0 Å². The van der Waals surface area contributed by atoms with E-state index < -0.39 is 12.1 Å². The highest BCUT2D eigenvalue weighted by molar-refractivity contribution is 5.76. The van der Waals surface area contributed by atoms with E-state index in [0.717, 1.165) is 38.5 Å². The number of allylic oxidation sites excluding steroid dienone is 7. The van der Waals surface area contributed by atoms with Crippen LogP contribution in [0, 0.1) is 0 Å². The Kier molecular flexibility index (Phi) is 45.3. The summed E-state index contributed by atoms with van der Waals surface area (Å²) in [6.07, 6.45) is 63.8. The average Bonchev–Trinajstić information content (AvgIpc) is 3.19. The number of hydrogen-bond donors (Lipinski definition) is 3. The summed E-state index contributed by atoms with van der Waals surface area (Å²) in [6.45, 7) is 4.31. The molecule has 0 aromatic heterocycles. The van der Waals surface area contributed by atoms with Gasteiger partial charge in [0.05, 0.1) is 18.8 Å². The normalized spacial score (nSPS) is 13.3. The number of amides is 1. The minimum Gasteiger partial charge on any atom is -0.394 e. The summed E-state index contributed by atoms with van der Waals surface area (Å²) in [5.74, 6) is -0.0815. The average molecular weight is 770 g/mol. The van der Waals surface area contributed by atoms with Crippen molar-refractivity contribution in [3.05, 3.63) is 48.6 Å². The van der Waals surface area contributed by atoms with Crippen LogP contribution in [0.4, 0.5) is 0 Å². The Bertz CT molecular complexity index is 877. The van der Waals surface area contributed by atoms with Crippen molar-refractivity contribution in [3.8, 4) is 0 Å². The molecule has 0 aliphatic carbocycles. The number of nitrogens with one attached hydrogen (secondary N) is 1. The molecule has 1 amide bonds. The van der Waals surface area contributed by atoms with Crippen LogP contribution >= 0.6 is 0 Å². The molecule has 0 bridgehead atoms. The summed E-state index contributed by atoms with van der Waals surface area (Å²) >= 11 is 0. The second kappa shape index (κ2) is 46.7. The smallest absolute Gasteiger partial charge is 0.220 e. The van der Waals surface area contributed by atoms with Crippen molar-refractivity contribution in [3.63, 3.8) is 0 Å². The molecule has 0 spiro atoms. The predicted octanol–water partition coefficient (Wildman–Crippen LogP) is 15.5. The Morgan fingerprint density at radius 2 is 0.709 bits per heavy atom. The van der Waals surface area contributed by atoms with Gasteiger partial charge in [-0.2, -0.15) is 0 Å². The van der Waals surface area contributed by atoms with E-state index in [1.54, 1.807) is 6.08 Å². The standard InChI is InChI=1S/C51H95NO3/c1-3-5-7-9-11-13-15-17-19-21-23-25-26-27-28-30-32-34-36-38-40-42-44-46-50(54)49(48-53)52-51(55)47-45-43-41-39-37-35-33-31-29-24-22-20-18-16-14-12-10-8-6-4-2/h24,28-30,36,38,44,46,49-50,53-54H,3-23,25-27,31-35,37,39-43,45,47-48H2,1-2H3,(H,52,55)/b29-24-,30-28+,38-36+,46-44+. The lowest BCUT2D eigenvalue weighted by molar-refractivity contribution is -0.123. The summed E-state index contributed by atoms with van der Waals surface area (Å²) in [7, 11) is 0. The highest BCUT2D eigenvalue weighted by Crippen LogP contribution is 2.15. The molecular formula is C51H95NO3. The van der Waals surface area contributed by atoms with Crippen LogP contribution in [0.1, 0.15) is 251 Å². The Labute approximate surface area is 344 Å². The molecule has 0 fully saturated rings. The van der Waals surface area contributed by atoms with Crippen molar-refractivity contribution in [1.82, 2.24) is 5.32 Å². The van der Waals surface area contributed by atoms with E-state index in [-0.39, 0.29) is 12.5 Å². The highest BCUT2D eigenvalue weighted by Gasteiger charge is 2.17. The second-order valence-electron chi connectivity index (χ2n) is 16.5. The van der Waals surface area contributed by atoms with Crippen LogP contribution in [-0.2, 0) is 4.79 Å². The maximum atomic E-state index is 12.4. The zero-order chi connectivity index (χ0) is 40.0. The first-order valence-corrected chi connectivity index (χ1v) is 24.4. The van der Waals surface area contributed by atoms with Gasteiger partial charge >= 0.3 is 0 Å². The summed E-state index contributed by atoms with van der Waals surface area (Å²) in [5, 5.41) is 23.0. The predicted molar refractivity (Wildman–Crippen MR) is 244 cm³/mol. The topological polar surface area (TPSA) is 69.6 Å². The molecule has 4 heteroatoms. The van der Waals surface area contributed by atoms with Gasteiger partial charge in [-0.3, -0.25) is 4.79 Å². The Balaban J connectivity index is 3.62. The molecule has 3 N–H and O–H groups in total. The minimum atomic E-state index is -0.872. The fraction of sp³-hybridized carbons (Fsp3) is 0.824. The molecule has 0 radical (unpaired) electrons. The molecule has 0 heterocycles. The van der Waals surface area contributed by atoms with Crippen molar-refractivity contribution in [2.75, 3.05) is 6.61 Å². The van der Waals surface area contributed by atoms with Crippen LogP contribution < -0.4 is 5.32 Å². The molecule has 55 heavy (non-hydrogen) atoms. The number of aliphatic hydroxyl groups is 2. The molecule has 2 atom stereocenters. The Morgan fingerprint density at radius 1 is 0.418 bits per heavy atom. The van der Waals surface area contributed by atoms with Crippen molar-refractivity contribution < 1.29 is 15.0 Å². The fourth-order valence-electron chi connectivity index (χ4n) is 7.26. The highest BCUT2D eigenvalue weighted by atomic mass is 16.3. The third kappa shape index (κ3) is 43.3. The van der Waals surface area contributed by atoms with E-state index >= 15 is 0 Å². The third-order valence-electron chi connectivity index (χ3n) is 11.0. The molecule has 0 saturated heterocycles. The number of carbonyl (C=O) groups excluding carboxylic acids is 1. The number of hydrogen-bond acceptors (Lipinski definition) is 3. The summed E-state index contributed by atoms with van der Waals surface area (Å²) in [4.78, 5) is 12.4. The SMILES string of the molecule is CCCCCCCCCCC/C=C\CCCCCCCCCC(=O)NC(CO)C(O)/C=C/CC/C=C/CC/C=C/CCCCCCCCCCCCCCC. The van der Waals surface area contributed by atoms with Gasteiger partial charge in [0.25, 0.3) is 0 Å². The minimum absolute atomic E-state index is 0.0815. The lowest BCUT2D eigenvalue weighted by Crippen LogP contribution is -2.45. The fourth-order valence-corrected chi connectivity index (χ4v) is 7.26. The van der Waals surface area contributed by atoms with E-state index in [0.29, 0.717) is 6.42 Å². The van der Waals surface area contributed by atoms with Gasteiger partial charge in [-0.25, -0.2) is 0 Å². The molecule has 322 valence electrons. The first kappa shape index (κ1) is 53.4. The van der Waals surface area contributed by atoms with E-state index in [2.05, 4.69) is 55.6 Å². The largest absolute Gasteiger partial charge is 0.394 e. The van der Waals surface area contributed by atoms with E-state index in [4.69, 9.17) is 0 Å². The summed E-state index contributed by atoms with van der Waals surface area (Å²) in [5.41, 5.74) is 0. The third-order valence-corrected chi connectivity index (χ3v) is 11.0. The number of unbranched alkanes of at least 4 members (excludes halogenated alkanes) is 31. The molecule has 0 aromatic carbocycles. The van der Waals surface area contributed by atoms with Gasteiger partial charge in [-0.1, -0.05) is 223 Å². The van der Waals surface area contributed by atoms with E-state index in [1.807, 2.05) is 6.08 Å². The number of aliphatic hydroxyl groups excluding tert-OH is 2. The first-order chi connectivity index (χ1) is 27.2. The summed E-state index contributed by atoms with van der Waals surface area (Å²) in [6, 6.07) is -0.648. The molecule has 0 saturated carbocycles. The molecule has 4 nitrogen and oxygen atoms in total. The lowest BCUT2D eigenvalue weighted by Gasteiger charge is -2.19. The molecular weight excluding hydrogens is 675 g/mol. The van der Waals surface area contributed by atoms with Crippen molar-refractivity contribution >= 4 is 5.91 Å². The Morgan fingerprint density at radius 3 is 1.05 bits per heavy atom. The zero-order valence-corrected chi connectivity index (χ0v) is 36.9. The van der Waals surface area contributed by atoms with Crippen LogP contribution in [-0.4, -0.2) is 34.9 Å². The molecule has 0 aliphatic heterocycles. The quantitative estimate of drug-likeness (QED) is 0.0427. The van der Waals surface area contributed by atoms with Crippen LogP contribution in [0.25, 0.3) is 0 Å². The number of carbonyl (C=O) groups is 1. The van der Waals surface area contributed by atoms with Gasteiger partial charge < -0.3 is 15.5 Å². The molecule has 2 unspecified atom stereocenters. The summed E-state index contributed by atoms with van der Waals surface area (Å²) < 4.78 is 0. The zero-order valence-electron chi connectivity index (χ0n) is 36.9. The molecule has 0 aliphatic rings. The van der Waals surface area contributed by atoms with Gasteiger partial charge in [0, 0.05) is 6.42 Å². The van der Waals surface area contributed by atoms with Crippen LogP contribution in [0.5, 0.6) is 0 Å².